The molecule has 3 heteroatoms. The Morgan fingerprint density at radius 1 is 1.00 bits per heavy atom. The summed E-state index contributed by atoms with van der Waals surface area (Å²) in [6.45, 7) is 3.23. The van der Waals surface area contributed by atoms with Gasteiger partial charge in [-0.2, -0.15) is 0 Å². The van der Waals surface area contributed by atoms with E-state index < -0.39 is 0 Å². The normalized spacial score (nSPS) is 26.2. The molecule has 0 aliphatic carbocycles. The average Bonchev–Trinajstić information content (AvgIpc) is 2.66. The molecule has 2 aromatic rings. The fourth-order valence-electron chi connectivity index (χ4n) is 4.83. The summed E-state index contributed by atoms with van der Waals surface area (Å²) in [5, 5.41) is 2.34. The first-order chi connectivity index (χ1) is 12.3. The van der Waals surface area contributed by atoms with Gasteiger partial charge >= 0.3 is 5.97 Å². The van der Waals surface area contributed by atoms with Gasteiger partial charge in [-0.15, -0.1) is 0 Å². The molecule has 2 aliphatic heterocycles. The van der Waals surface area contributed by atoms with Crippen molar-refractivity contribution in [3.8, 4) is 0 Å². The fraction of sp³-hybridized carbons (Fsp3) is 0.500. The van der Waals surface area contributed by atoms with Crippen molar-refractivity contribution in [2.24, 2.45) is 5.92 Å². The SMILES string of the molecule is O=C(Cc1cccc2ccccc12)OC[C@@H]1CCC[NH+]2CCCC[C@@H]12. The van der Waals surface area contributed by atoms with Gasteiger partial charge in [0.2, 0.25) is 0 Å². The third-order valence-electron chi connectivity index (χ3n) is 6.10. The first-order valence-electron chi connectivity index (χ1n) is 9.78. The highest BCUT2D eigenvalue weighted by Crippen LogP contribution is 2.22. The minimum absolute atomic E-state index is 0.0840. The lowest BCUT2D eigenvalue weighted by atomic mass is 9.84. The highest BCUT2D eigenvalue weighted by molar-refractivity contribution is 5.88. The number of quaternary nitrogens is 1. The number of carbonyl (C=O) groups excluding carboxylic acids is 1. The highest BCUT2D eigenvalue weighted by atomic mass is 16.5. The molecule has 2 heterocycles. The van der Waals surface area contributed by atoms with Gasteiger partial charge in [0.15, 0.2) is 0 Å². The number of benzene rings is 2. The molecule has 3 nitrogen and oxygen atoms in total. The van der Waals surface area contributed by atoms with Crippen molar-refractivity contribution >= 4 is 16.7 Å². The van der Waals surface area contributed by atoms with Crippen molar-refractivity contribution in [3.05, 3.63) is 48.0 Å². The molecule has 1 N–H and O–H groups in total. The number of hydrogen-bond acceptors (Lipinski definition) is 2. The van der Waals surface area contributed by atoms with E-state index in [-0.39, 0.29) is 5.97 Å². The first-order valence-corrected chi connectivity index (χ1v) is 9.78. The van der Waals surface area contributed by atoms with Crippen molar-refractivity contribution < 1.29 is 14.4 Å². The van der Waals surface area contributed by atoms with Crippen LogP contribution in [0.15, 0.2) is 42.5 Å². The number of piperidine rings is 2. The van der Waals surface area contributed by atoms with Crippen LogP contribution in [0.25, 0.3) is 10.8 Å². The first kappa shape index (κ1) is 16.6. The molecule has 0 radical (unpaired) electrons. The largest absolute Gasteiger partial charge is 0.465 e. The molecule has 25 heavy (non-hydrogen) atoms. The van der Waals surface area contributed by atoms with Crippen LogP contribution in [0.1, 0.15) is 37.7 Å². The van der Waals surface area contributed by atoms with Gasteiger partial charge in [0.1, 0.15) is 0 Å². The summed E-state index contributed by atoms with van der Waals surface area (Å²) in [5.41, 5.74) is 1.07. The predicted molar refractivity (Wildman–Crippen MR) is 99.7 cm³/mol. The summed E-state index contributed by atoms with van der Waals surface area (Å²) in [5.74, 6) is 0.472. The molecule has 0 aromatic heterocycles. The molecule has 0 saturated carbocycles. The molecule has 0 spiro atoms. The number of fused-ring (bicyclic) bond motifs is 2. The summed E-state index contributed by atoms with van der Waals surface area (Å²) in [6.07, 6.45) is 6.87. The maximum atomic E-state index is 12.4. The quantitative estimate of drug-likeness (QED) is 0.869. The maximum Gasteiger partial charge on any atom is 0.310 e. The van der Waals surface area contributed by atoms with Gasteiger partial charge in [0.25, 0.3) is 0 Å². The van der Waals surface area contributed by atoms with Crippen LogP contribution in [0.5, 0.6) is 0 Å². The van der Waals surface area contributed by atoms with Crippen LogP contribution >= 0.6 is 0 Å². The average molecular weight is 338 g/mol. The van der Waals surface area contributed by atoms with Gasteiger partial charge in [0, 0.05) is 5.92 Å². The molecule has 2 aromatic carbocycles. The third kappa shape index (κ3) is 3.72. The van der Waals surface area contributed by atoms with Crippen molar-refractivity contribution in [1.29, 1.82) is 0 Å². The second-order valence-electron chi connectivity index (χ2n) is 7.66. The molecular formula is C22H28NO2+. The molecule has 4 rings (SSSR count). The lowest BCUT2D eigenvalue weighted by Gasteiger charge is -2.41. The molecular weight excluding hydrogens is 310 g/mol. The summed E-state index contributed by atoms with van der Waals surface area (Å²) >= 11 is 0. The zero-order valence-electron chi connectivity index (χ0n) is 14.9. The second-order valence-corrected chi connectivity index (χ2v) is 7.66. The Hall–Kier alpha value is -1.87. The standard InChI is InChI=1S/C22H27NO2/c24-22(15-18-9-5-8-17-7-1-2-11-20(17)18)25-16-19-10-6-14-23-13-4-3-12-21(19)23/h1-2,5,7-9,11,19,21H,3-4,6,10,12-16H2/p+1/t19-,21-/m0/s1. The van der Waals surface area contributed by atoms with Gasteiger partial charge in [-0.3, -0.25) is 4.79 Å². The molecule has 0 amide bonds. The van der Waals surface area contributed by atoms with Crippen molar-refractivity contribution in [2.75, 3.05) is 19.7 Å². The van der Waals surface area contributed by atoms with E-state index in [0.717, 1.165) is 10.9 Å². The van der Waals surface area contributed by atoms with Crippen LogP contribution in [0, 0.1) is 5.92 Å². The minimum atomic E-state index is -0.0840. The molecule has 132 valence electrons. The Morgan fingerprint density at radius 2 is 1.84 bits per heavy atom. The Labute approximate surface area is 150 Å². The molecule has 2 saturated heterocycles. The van der Waals surface area contributed by atoms with Crippen LogP contribution in [0.3, 0.4) is 0 Å². The lowest BCUT2D eigenvalue weighted by Crippen LogP contribution is -3.18. The van der Waals surface area contributed by atoms with E-state index in [1.54, 1.807) is 4.90 Å². The maximum absolute atomic E-state index is 12.4. The topological polar surface area (TPSA) is 30.7 Å². The number of nitrogens with one attached hydrogen (secondary N) is 1. The van der Waals surface area contributed by atoms with Crippen LogP contribution in [-0.4, -0.2) is 31.7 Å². The van der Waals surface area contributed by atoms with E-state index in [1.165, 1.54) is 50.6 Å². The number of hydrogen-bond donors (Lipinski definition) is 1. The molecule has 3 atom stereocenters. The van der Waals surface area contributed by atoms with Gasteiger partial charge in [-0.1, -0.05) is 42.5 Å². The Kier molecular flexibility index (Phi) is 5.02. The van der Waals surface area contributed by atoms with Crippen LogP contribution in [-0.2, 0) is 16.0 Å². The Balaban J connectivity index is 1.37. The second kappa shape index (κ2) is 7.57. The van der Waals surface area contributed by atoms with Gasteiger partial charge in [-0.25, -0.2) is 0 Å². The van der Waals surface area contributed by atoms with E-state index in [2.05, 4.69) is 18.2 Å². The number of carbonyl (C=O) groups is 1. The predicted octanol–water partition coefficient (Wildman–Crippen LogP) is 2.77. The molecule has 2 aliphatic rings. The molecule has 2 fully saturated rings. The Morgan fingerprint density at radius 3 is 2.80 bits per heavy atom. The summed E-state index contributed by atoms with van der Waals surface area (Å²) in [6, 6.07) is 15.1. The van der Waals surface area contributed by atoms with Crippen LogP contribution in [0.2, 0.25) is 0 Å². The third-order valence-corrected chi connectivity index (χ3v) is 6.10. The van der Waals surface area contributed by atoms with Crippen LogP contribution in [0.4, 0.5) is 0 Å². The van der Waals surface area contributed by atoms with Gasteiger partial charge in [0.05, 0.1) is 32.2 Å². The Bertz CT molecular complexity index is 734. The summed E-state index contributed by atoms with van der Waals surface area (Å²) in [4.78, 5) is 14.2. The molecule has 1 unspecified atom stereocenters. The number of rotatable bonds is 4. The van der Waals surface area contributed by atoms with E-state index in [9.17, 15) is 4.79 Å². The number of esters is 1. The van der Waals surface area contributed by atoms with E-state index in [4.69, 9.17) is 4.74 Å². The van der Waals surface area contributed by atoms with E-state index in [0.29, 0.717) is 25.0 Å². The molecule has 0 bridgehead atoms. The van der Waals surface area contributed by atoms with Crippen molar-refractivity contribution in [3.63, 3.8) is 0 Å². The number of ether oxygens (including phenoxy) is 1. The lowest BCUT2D eigenvalue weighted by molar-refractivity contribution is -0.940. The zero-order chi connectivity index (χ0) is 17.1. The summed E-state index contributed by atoms with van der Waals surface area (Å²) in [7, 11) is 0. The summed E-state index contributed by atoms with van der Waals surface area (Å²) < 4.78 is 5.73. The van der Waals surface area contributed by atoms with Crippen molar-refractivity contribution in [2.45, 2.75) is 44.6 Å². The smallest absolute Gasteiger partial charge is 0.310 e. The van der Waals surface area contributed by atoms with Crippen LogP contribution < -0.4 is 4.90 Å². The van der Waals surface area contributed by atoms with Crippen molar-refractivity contribution in [1.82, 2.24) is 0 Å². The van der Waals surface area contributed by atoms with E-state index in [1.807, 2.05) is 24.3 Å². The van der Waals surface area contributed by atoms with Gasteiger partial charge in [-0.05, 0) is 48.4 Å². The minimum Gasteiger partial charge on any atom is -0.465 e. The fourth-order valence-corrected chi connectivity index (χ4v) is 4.83. The monoisotopic (exact) mass is 338 g/mol. The highest BCUT2D eigenvalue weighted by Gasteiger charge is 2.37. The zero-order valence-corrected chi connectivity index (χ0v) is 14.9. The van der Waals surface area contributed by atoms with E-state index >= 15 is 0 Å². The van der Waals surface area contributed by atoms with Gasteiger partial charge < -0.3 is 9.64 Å².